The summed E-state index contributed by atoms with van der Waals surface area (Å²) in [5.41, 5.74) is 1.24. The van der Waals surface area contributed by atoms with Crippen molar-refractivity contribution in [1.82, 2.24) is 4.90 Å². The molecule has 1 fully saturated rings. The van der Waals surface area contributed by atoms with Gasteiger partial charge < -0.3 is 14.4 Å². The largest absolute Gasteiger partial charge is 0.466 e. The van der Waals surface area contributed by atoms with Crippen molar-refractivity contribution < 1.29 is 14.3 Å². The second kappa shape index (κ2) is 10.1. The molecule has 0 N–H and O–H groups in total. The molecule has 1 aliphatic rings. The lowest BCUT2D eigenvalue weighted by atomic mass is 9.96. The molecule has 0 aliphatic carbocycles. The van der Waals surface area contributed by atoms with Gasteiger partial charge in [-0.15, -0.1) is 0 Å². The predicted molar refractivity (Wildman–Crippen MR) is 107 cm³/mol. The lowest BCUT2D eigenvalue weighted by molar-refractivity contribution is -0.149. The van der Waals surface area contributed by atoms with Crippen molar-refractivity contribution in [3.05, 3.63) is 60.2 Å². The lowest BCUT2D eigenvalue weighted by Crippen LogP contribution is -2.37. The van der Waals surface area contributed by atoms with Gasteiger partial charge in [0.25, 0.3) is 0 Å². The monoisotopic (exact) mass is 367 g/mol. The Bertz CT molecular complexity index is 709. The molecule has 4 heteroatoms. The Balaban J connectivity index is 1.45. The standard InChI is InChI=1S/C23H29NO3/c1-2-26-23(25)20-14-17-24(18-15-20)16-8-10-19-9-6-7-13-22(19)27-21-11-4-3-5-12-21/h3-7,9,11-13,20H,2,8,10,14-18H2,1H3. The van der Waals surface area contributed by atoms with Gasteiger partial charge in [0.1, 0.15) is 11.5 Å². The van der Waals surface area contributed by atoms with Crippen molar-refractivity contribution in [2.45, 2.75) is 32.6 Å². The normalized spacial score (nSPS) is 15.4. The summed E-state index contributed by atoms with van der Waals surface area (Å²) < 4.78 is 11.2. The highest BCUT2D eigenvalue weighted by atomic mass is 16.5. The van der Waals surface area contributed by atoms with E-state index in [1.165, 1.54) is 5.56 Å². The van der Waals surface area contributed by atoms with Crippen molar-refractivity contribution in [3.8, 4) is 11.5 Å². The van der Waals surface area contributed by atoms with E-state index in [0.717, 1.165) is 56.8 Å². The van der Waals surface area contributed by atoms with E-state index in [0.29, 0.717) is 6.61 Å². The van der Waals surface area contributed by atoms with Gasteiger partial charge in [-0.3, -0.25) is 4.79 Å². The molecule has 1 aliphatic heterocycles. The van der Waals surface area contributed by atoms with Crippen LogP contribution in [-0.2, 0) is 16.0 Å². The van der Waals surface area contributed by atoms with Crippen LogP contribution < -0.4 is 4.74 Å². The van der Waals surface area contributed by atoms with Crippen LogP contribution in [0.3, 0.4) is 0 Å². The molecular weight excluding hydrogens is 338 g/mol. The predicted octanol–water partition coefficient (Wildman–Crippen LogP) is 4.69. The number of piperidine rings is 1. The summed E-state index contributed by atoms with van der Waals surface area (Å²) in [6.45, 7) is 5.35. The highest BCUT2D eigenvalue weighted by Gasteiger charge is 2.25. The molecule has 144 valence electrons. The van der Waals surface area contributed by atoms with E-state index >= 15 is 0 Å². The number of carbonyl (C=O) groups excluding carboxylic acids is 1. The van der Waals surface area contributed by atoms with Crippen LogP contribution in [-0.4, -0.2) is 37.1 Å². The Morgan fingerprint density at radius 2 is 1.74 bits per heavy atom. The molecule has 0 spiro atoms. The zero-order valence-electron chi connectivity index (χ0n) is 16.1. The first kappa shape index (κ1) is 19.4. The minimum absolute atomic E-state index is 0.0239. The maximum absolute atomic E-state index is 11.8. The number of hydrogen-bond donors (Lipinski definition) is 0. The van der Waals surface area contributed by atoms with Gasteiger partial charge >= 0.3 is 5.97 Å². The number of likely N-dealkylation sites (tertiary alicyclic amines) is 1. The van der Waals surface area contributed by atoms with Gasteiger partial charge in [0.2, 0.25) is 0 Å². The molecule has 0 amide bonds. The highest BCUT2D eigenvalue weighted by Crippen LogP contribution is 2.26. The van der Waals surface area contributed by atoms with E-state index in [9.17, 15) is 4.79 Å². The molecule has 0 aromatic heterocycles. The number of nitrogens with zero attached hydrogens (tertiary/aromatic N) is 1. The van der Waals surface area contributed by atoms with Crippen molar-refractivity contribution in [2.24, 2.45) is 5.92 Å². The molecule has 2 aromatic carbocycles. The Kier molecular flexibility index (Phi) is 7.28. The van der Waals surface area contributed by atoms with Gasteiger partial charge in [-0.1, -0.05) is 36.4 Å². The number of benzene rings is 2. The molecule has 1 saturated heterocycles. The average molecular weight is 367 g/mol. The Labute approximate surface area is 162 Å². The summed E-state index contributed by atoms with van der Waals surface area (Å²) in [5.74, 6) is 1.86. The summed E-state index contributed by atoms with van der Waals surface area (Å²) in [5, 5.41) is 0. The Morgan fingerprint density at radius 1 is 1.04 bits per heavy atom. The van der Waals surface area contributed by atoms with Crippen molar-refractivity contribution >= 4 is 5.97 Å². The second-order valence-corrected chi connectivity index (χ2v) is 6.99. The number of hydrogen-bond acceptors (Lipinski definition) is 4. The quantitative estimate of drug-likeness (QED) is 0.635. The molecule has 0 saturated carbocycles. The molecule has 0 atom stereocenters. The third kappa shape index (κ3) is 5.83. The van der Waals surface area contributed by atoms with Crippen LogP contribution in [0.1, 0.15) is 31.7 Å². The van der Waals surface area contributed by atoms with Crippen LogP contribution in [0.5, 0.6) is 11.5 Å². The summed E-state index contributed by atoms with van der Waals surface area (Å²) in [4.78, 5) is 14.3. The topological polar surface area (TPSA) is 38.8 Å². The van der Waals surface area contributed by atoms with E-state index in [-0.39, 0.29) is 11.9 Å². The number of para-hydroxylation sites is 2. The number of aryl methyl sites for hydroxylation is 1. The van der Waals surface area contributed by atoms with Crippen molar-refractivity contribution in [2.75, 3.05) is 26.2 Å². The van der Waals surface area contributed by atoms with Gasteiger partial charge in [0.15, 0.2) is 0 Å². The first-order valence-electron chi connectivity index (χ1n) is 9.96. The minimum Gasteiger partial charge on any atom is -0.466 e. The first-order chi connectivity index (χ1) is 13.3. The number of ether oxygens (including phenoxy) is 2. The second-order valence-electron chi connectivity index (χ2n) is 6.99. The zero-order valence-corrected chi connectivity index (χ0v) is 16.1. The summed E-state index contributed by atoms with van der Waals surface area (Å²) in [6.07, 6.45) is 3.89. The number of esters is 1. The molecule has 1 heterocycles. The van der Waals surface area contributed by atoms with Crippen LogP contribution >= 0.6 is 0 Å². The highest BCUT2D eigenvalue weighted by molar-refractivity contribution is 5.72. The fourth-order valence-corrected chi connectivity index (χ4v) is 3.57. The third-order valence-corrected chi connectivity index (χ3v) is 5.07. The fraction of sp³-hybridized carbons (Fsp3) is 0.435. The fourth-order valence-electron chi connectivity index (χ4n) is 3.57. The minimum atomic E-state index is -0.0239. The van der Waals surface area contributed by atoms with Gasteiger partial charge in [-0.25, -0.2) is 0 Å². The van der Waals surface area contributed by atoms with E-state index in [1.807, 2.05) is 49.4 Å². The van der Waals surface area contributed by atoms with Gasteiger partial charge in [0, 0.05) is 0 Å². The maximum Gasteiger partial charge on any atom is 0.309 e. The average Bonchev–Trinajstić information content (AvgIpc) is 2.71. The maximum atomic E-state index is 11.8. The van der Waals surface area contributed by atoms with Gasteiger partial charge in [-0.2, -0.15) is 0 Å². The molecular formula is C23H29NO3. The van der Waals surface area contributed by atoms with Crippen LogP contribution in [0, 0.1) is 5.92 Å². The summed E-state index contributed by atoms with van der Waals surface area (Å²) in [6, 6.07) is 18.2. The zero-order chi connectivity index (χ0) is 18.9. The molecule has 4 nitrogen and oxygen atoms in total. The van der Waals surface area contributed by atoms with E-state index < -0.39 is 0 Å². The van der Waals surface area contributed by atoms with Crippen LogP contribution in [0.2, 0.25) is 0 Å². The molecule has 3 rings (SSSR count). The van der Waals surface area contributed by atoms with Gasteiger partial charge in [0.05, 0.1) is 12.5 Å². The number of carbonyl (C=O) groups is 1. The van der Waals surface area contributed by atoms with Gasteiger partial charge in [-0.05, 0) is 76.0 Å². The van der Waals surface area contributed by atoms with Crippen molar-refractivity contribution in [1.29, 1.82) is 0 Å². The molecule has 0 radical (unpaired) electrons. The smallest absolute Gasteiger partial charge is 0.309 e. The Hall–Kier alpha value is -2.33. The molecule has 2 aromatic rings. The van der Waals surface area contributed by atoms with Crippen LogP contribution in [0.4, 0.5) is 0 Å². The van der Waals surface area contributed by atoms with E-state index in [2.05, 4.69) is 17.0 Å². The van der Waals surface area contributed by atoms with E-state index in [1.54, 1.807) is 0 Å². The van der Waals surface area contributed by atoms with E-state index in [4.69, 9.17) is 9.47 Å². The third-order valence-electron chi connectivity index (χ3n) is 5.07. The summed E-state index contributed by atoms with van der Waals surface area (Å²) in [7, 11) is 0. The molecule has 27 heavy (non-hydrogen) atoms. The lowest BCUT2D eigenvalue weighted by Gasteiger charge is -2.30. The van der Waals surface area contributed by atoms with Crippen LogP contribution in [0.25, 0.3) is 0 Å². The Morgan fingerprint density at radius 3 is 2.48 bits per heavy atom. The molecule has 0 bridgehead atoms. The molecule has 0 unspecified atom stereocenters. The van der Waals surface area contributed by atoms with Crippen LogP contribution in [0.15, 0.2) is 54.6 Å². The van der Waals surface area contributed by atoms with Crippen molar-refractivity contribution in [3.63, 3.8) is 0 Å². The first-order valence-corrected chi connectivity index (χ1v) is 9.96. The number of rotatable bonds is 8. The summed E-state index contributed by atoms with van der Waals surface area (Å²) >= 11 is 0. The SMILES string of the molecule is CCOC(=O)C1CCN(CCCc2ccccc2Oc2ccccc2)CC1.